The molecule has 154 valence electrons. The molecule has 3 aliphatic rings. The van der Waals surface area contributed by atoms with Gasteiger partial charge in [0, 0.05) is 0 Å². The summed E-state index contributed by atoms with van der Waals surface area (Å²) in [4.78, 5) is 0. The maximum atomic E-state index is 6.68. The molecule has 1 fully saturated rings. The van der Waals surface area contributed by atoms with Gasteiger partial charge in [-0.3, -0.25) is 0 Å². The third-order valence-corrected chi connectivity index (χ3v) is 13.0. The van der Waals surface area contributed by atoms with E-state index < -0.39 is 15.8 Å². The van der Waals surface area contributed by atoms with Crippen LogP contribution in [0.2, 0.25) is 0 Å². The normalized spacial score (nSPS) is 30.0. The number of fused-ring (bicyclic) bond motifs is 7. The van der Waals surface area contributed by atoms with Crippen molar-refractivity contribution in [2.75, 3.05) is 14.2 Å². The lowest BCUT2D eigenvalue weighted by Crippen LogP contribution is -2.33. The summed E-state index contributed by atoms with van der Waals surface area (Å²) in [5.74, 6) is 3.87. The van der Waals surface area contributed by atoms with Crippen molar-refractivity contribution in [2.45, 2.75) is 56.1 Å². The molecule has 4 atom stereocenters. The van der Waals surface area contributed by atoms with Gasteiger partial charge in [0.2, 0.25) is 0 Å². The number of hydrogen-bond acceptors (Lipinski definition) is 4. The van der Waals surface area contributed by atoms with E-state index in [4.69, 9.17) is 18.9 Å². The zero-order valence-corrected chi connectivity index (χ0v) is 19.6. The first-order valence-corrected chi connectivity index (χ1v) is 12.9. The second kappa shape index (κ2) is 6.50. The molecule has 4 nitrogen and oxygen atoms in total. The summed E-state index contributed by atoms with van der Waals surface area (Å²) in [7, 11) is 2.24. The highest BCUT2D eigenvalue weighted by atomic mass is 31.1. The van der Waals surface area contributed by atoms with Gasteiger partial charge in [0.1, 0.15) is 23.0 Å². The Kier molecular flexibility index (Phi) is 4.36. The standard InChI is InChI=1S/C23H28O4P2/c1-22(2)13-23(3,4)29-19-15(25-6)10-8-12-17(19)27-21(29)20-26-16-11-7-9-14(24-5)18(16)28(20)22/h7-12,20-21H,13H2,1-6H3/t20-,21-,28-,29-/m0/s1. The Hall–Kier alpha value is -1.50. The summed E-state index contributed by atoms with van der Waals surface area (Å²) in [5, 5.41) is 2.72. The molecule has 0 amide bonds. The third-order valence-electron chi connectivity index (χ3n) is 6.26. The lowest BCUT2D eigenvalue weighted by atomic mass is 9.99. The second-order valence-corrected chi connectivity index (χ2v) is 15.0. The maximum absolute atomic E-state index is 6.68. The molecule has 29 heavy (non-hydrogen) atoms. The lowest BCUT2D eigenvalue weighted by Gasteiger charge is -2.38. The molecule has 0 saturated carbocycles. The Bertz CT molecular complexity index is 894. The maximum Gasteiger partial charge on any atom is 0.163 e. The van der Waals surface area contributed by atoms with Gasteiger partial charge in [-0.15, -0.1) is 0 Å². The first kappa shape index (κ1) is 19.5. The number of methoxy groups -OCH3 is 2. The predicted octanol–water partition coefficient (Wildman–Crippen LogP) is 5.02. The Morgan fingerprint density at radius 1 is 0.759 bits per heavy atom. The second-order valence-electron chi connectivity index (χ2n) is 9.17. The average molecular weight is 430 g/mol. The zero-order valence-electron chi connectivity index (χ0n) is 17.9. The van der Waals surface area contributed by atoms with Crippen molar-refractivity contribution in [1.82, 2.24) is 0 Å². The molecule has 0 unspecified atom stereocenters. The first-order chi connectivity index (χ1) is 13.8. The highest BCUT2D eigenvalue weighted by Crippen LogP contribution is 2.75. The highest BCUT2D eigenvalue weighted by Gasteiger charge is 2.61. The van der Waals surface area contributed by atoms with Crippen molar-refractivity contribution in [2.24, 2.45) is 0 Å². The molecule has 0 aromatic heterocycles. The number of ether oxygens (including phenoxy) is 4. The van der Waals surface area contributed by atoms with Crippen LogP contribution in [-0.2, 0) is 0 Å². The molecule has 0 aliphatic carbocycles. The van der Waals surface area contributed by atoms with Crippen molar-refractivity contribution >= 4 is 26.5 Å². The van der Waals surface area contributed by atoms with Crippen LogP contribution >= 0.6 is 15.8 Å². The van der Waals surface area contributed by atoms with Crippen LogP contribution in [0.3, 0.4) is 0 Å². The molecule has 3 aliphatic heterocycles. The van der Waals surface area contributed by atoms with E-state index in [2.05, 4.69) is 52.0 Å². The summed E-state index contributed by atoms with van der Waals surface area (Å²) in [6.07, 6.45) is 1.10. The minimum Gasteiger partial charge on any atom is -0.496 e. The molecule has 1 saturated heterocycles. The molecular weight excluding hydrogens is 402 g/mol. The van der Waals surface area contributed by atoms with Gasteiger partial charge < -0.3 is 18.9 Å². The van der Waals surface area contributed by atoms with E-state index in [0.717, 1.165) is 29.4 Å². The topological polar surface area (TPSA) is 36.9 Å². The smallest absolute Gasteiger partial charge is 0.163 e. The van der Waals surface area contributed by atoms with Crippen LogP contribution in [0.5, 0.6) is 23.0 Å². The monoisotopic (exact) mass is 430 g/mol. The lowest BCUT2D eigenvalue weighted by molar-refractivity contribution is 0.173. The third kappa shape index (κ3) is 2.72. The highest BCUT2D eigenvalue weighted by molar-refractivity contribution is 7.73. The van der Waals surface area contributed by atoms with Gasteiger partial charge >= 0.3 is 0 Å². The summed E-state index contributed by atoms with van der Waals surface area (Å²) in [6, 6.07) is 12.3. The SMILES string of the molecule is COc1cccc2c1[P@@]1[C@H](O2)[C@H]2Oc3cccc(OC)c3[P@]2C(C)(C)CC1(C)C. The van der Waals surface area contributed by atoms with E-state index in [0.29, 0.717) is 0 Å². The molecule has 0 bridgehead atoms. The van der Waals surface area contributed by atoms with E-state index in [9.17, 15) is 0 Å². The average Bonchev–Trinajstić information content (AvgIpc) is 3.24. The molecule has 2 aromatic carbocycles. The van der Waals surface area contributed by atoms with Gasteiger partial charge in [-0.1, -0.05) is 39.8 Å². The molecule has 0 spiro atoms. The van der Waals surface area contributed by atoms with E-state index in [1.165, 1.54) is 10.6 Å². The molecule has 5 rings (SSSR count). The quantitative estimate of drug-likeness (QED) is 0.628. The summed E-state index contributed by atoms with van der Waals surface area (Å²) < 4.78 is 24.9. The molecule has 2 aromatic rings. The summed E-state index contributed by atoms with van der Waals surface area (Å²) in [5.41, 5.74) is 0. The summed E-state index contributed by atoms with van der Waals surface area (Å²) in [6.45, 7) is 9.61. The minimum absolute atomic E-state index is 0.0243. The van der Waals surface area contributed by atoms with Crippen LogP contribution in [0, 0.1) is 0 Å². The van der Waals surface area contributed by atoms with Gasteiger partial charge in [0.05, 0.1) is 24.8 Å². The fraction of sp³-hybridized carbons (Fsp3) is 0.478. The van der Waals surface area contributed by atoms with Gasteiger partial charge in [-0.25, -0.2) is 0 Å². The zero-order chi connectivity index (χ0) is 20.6. The van der Waals surface area contributed by atoms with E-state index in [-0.39, 0.29) is 22.0 Å². The Balaban J connectivity index is 1.71. The van der Waals surface area contributed by atoms with Crippen LogP contribution in [0.15, 0.2) is 36.4 Å². The number of hydrogen-bond donors (Lipinski definition) is 0. The van der Waals surface area contributed by atoms with E-state index in [1.54, 1.807) is 14.2 Å². The van der Waals surface area contributed by atoms with Crippen LogP contribution in [0.4, 0.5) is 0 Å². The van der Waals surface area contributed by atoms with Crippen molar-refractivity contribution < 1.29 is 18.9 Å². The number of benzene rings is 2. The van der Waals surface area contributed by atoms with Crippen molar-refractivity contribution in [3.05, 3.63) is 36.4 Å². The van der Waals surface area contributed by atoms with Crippen molar-refractivity contribution in [3.8, 4) is 23.0 Å². The minimum atomic E-state index is -0.635. The summed E-state index contributed by atoms with van der Waals surface area (Å²) >= 11 is 0. The molecule has 0 radical (unpaired) electrons. The number of rotatable bonds is 2. The van der Waals surface area contributed by atoms with E-state index >= 15 is 0 Å². The Labute approximate surface area is 175 Å². The Morgan fingerprint density at radius 2 is 1.17 bits per heavy atom. The van der Waals surface area contributed by atoms with E-state index in [1.807, 2.05) is 12.1 Å². The fourth-order valence-electron chi connectivity index (χ4n) is 5.51. The van der Waals surface area contributed by atoms with Crippen LogP contribution in [-0.4, -0.2) is 36.2 Å². The van der Waals surface area contributed by atoms with Crippen molar-refractivity contribution in [3.63, 3.8) is 0 Å². The predicted molar refractivity (Wildman–Crippen MR) is 121 cm³/mol. The van der Waals surface area contributed by atoms with Crippen molar-refractivity contribution in [1.29, 1.82) is 0 Å². The fourth-order valence-corrected chi connectivity index (χ4v) is 13.3. The molecular formula is C23H28O4P2. The largest absolute Gasteiger partial charge is 0.496 e. The Morgan fingerprint density at radius 3 is 1.55 bits per heavy atom. The first-order valence-electron chi connectivity index (χ1n) is 10.0. The molecule has 0 N–H and O–H groups in total. The van der Waals surface area contributed by atoms with Gasteiger partial charge in [-0.2, -0.15) is 0 Å². The van der Waals surface area contributed by atoms with Gasteiger partial charge in [0.25, 0.3) is 0 Å². The van der Waals surface area contributed by atoms with Crippen LogP contribution in [0.1, 0.15) is 34.1 Å². The molecule has 3 heterocycles. The van der Waals surface area contributed by atoms with Crippen LogP contribution in [0.25, 0.3) is 0 Å². The van der Waals surface area contributed by atoms with Gasteiger partial charge in [-0.05, 0) is 56.8 Å². The molecule has 6 heteroatoms. The van der Waals surface area contributed by atoms with Crippen LogP contribution < -0.4 is 29.6 Å². The van der Waals surface area contributed by atoms with Gasteiger partial charge in [0.15, 0.2) is 11.7 Å².